The largest absolute Gasteiger partial charge is 0.396 e. The van der Waals surface area contributed by atoms with Crippen LogP contribution in [0.15, 0.2) is 42.5 Å². The summed E-state index contributed by atoms with van der Waals surface area (Å²) in [5.74, 6) is -0.0929. The molecule has 1 nitrogen and oxygen atoms in total. The van der Waals surface area contributed by atoms with E-state index < -0.39 is 0 Å². The summed E-state index contributed by atoms with van der Waals surface area (Å²) < 4.78 is 0. The maximum Gasteiger partial charge on any atom is 0.0503 e. The molecule has 0 amide bonds. The Kier molecular flexibility index (Phi) is 5.12. The molecule has 0 spiro atoms. The second kappa shape index (κ2) is 6.62. The second-order valence-electron chi connectivity index (χ2n) is 4.34. The summed E-state index contributed by atoms with van der Waals surface area (Å²) in [4.78, 5) is 0. The first-order chi connectivity index (χ1) is 9.11. The van der Waals surface area contributed by atoms with Crippen LogP contribution in [-0.2, 0) is 6.42 Å². The Balaban J connectivity index is 2.28. The zero-order valence-corrected chi connectivity index (χ0v) is 12.4. The zero-order chi connectivity index (χ0) is 13.8. The highest BCUT2D eigenvalue weighted by Gasteiger charge is 2.16. The number of rotatable bonds is 4. The van der Waals surface area contributed by atoms with Gasteiger partial charge in [0.2, 0.25) is 0 Å². The van der Waals surface area contributed by atoms with Gasteiger partial charge in [-0.15, -0.1) is 0 Å². The van der Waals surface area contributed by atoms with Crippen molar-refractivity contribution in [2.24, 2.45) is 0 Å². The van der Waals surface area contributed by atoms with Gasteiger partial charge >= 0.3 is 0 Å². The average Bonchev–Trinajstić information content (AvgIpc) is 2.39. The van der Waals surface area contributed by atoms with Gasteiger partial charge in [-0.3, -0.25) is 0 Å². The van der Waals surface area contributed by atoms with Gasteiger partial charge in [0.05, 0.1) is 6.61 Å². The Morgan fingerprint density at radius 3 is 2.32 bits per heavy atom. The van der Waals surface area contributed by atoms with E-state index in [1.165, 1.54) is 0 Å². The number of hydrogen-bond donors (Lipinski definition) is 1. The molecule has 0 radical (unpaired) electrons. The molecule has 0 saturated carbocycles. The minimum absolute atomic E-state index is 0.00652. The van der Waals surface area contributed by atoms with Crippen molar-refractivity contribution in [1.29, 1.82) is 0 Å². The molecule has 1 atom stereocenters. The van der Waals surface area contributed by atoms with E-state index in [4.69, 9.17) is 34.8 Å². The van der Waals surface area contributed by atoms with Crippen molar-refractivity contribution in [3.8, 4) is 0 Å². The molecule has 0 saturated heterocycles. The molecule has 2 aromatic carbocycles. The summed E-state index contributed by atoms with van der Waals surface area (Å²) in [6.07, 6.45) is 0.636. The third-order valence-electron chi connectivity index (χ3n) is 3.05. The van der Waals surface area contributed by atoms with Crippen molar-refractivity contribution in [1.82, 2.24) is 0 Å². The first-order valence-corrected chi connectivity index (χ1v) is 7.04. The highest BCUT2D eigenvalue weighted by molar-refractivity contribution is 6.35. The van der Waals surface area contributed by atoms with E-state index in [2.05, 4.69) is 0 Å². The molecule has 0 heterocycles. The van der Waals surface area contributed by atoms with Crippen molar-refractivity contribution in [3.63, 3.8) is 0 Å². The standard InChI is InChI=1S/C15H13Cl3O/c16-12-5-6-13(15(18)8-12)11(9-19)7-10-3-1-2-4-14(10)17/h1-6,8,11,19H,7,9H2/t11-/m0/s1. The van der Waals surface area contributed by atoms with Crippen LogP contribution in [0.25, 0.3) is 0 Å². The Morgan fingerprint density at radius 2 is 1.68 bits per heavy atom. The van der Waals surface area contributed by atoms with Crippen LogP contribution in [0.3, 0.4) is 0 Å². The molecular formula is C15H13Cl3O. The Hall–Kier alpha value is -0.730. The van der Waals surface area contributed by atoms with Crippen molar-refractivity contribution in [2.45, 2.75) is 12.3 Å². The van der Waals surface area contributed by atoms with Crippen molar-refractivity contribution in [2.75, 3.05) is 6.61 Å². The lowest BCUT2D eigenvalue weighted by Crippen LogP contribution is -2.08. The number of hydrogen-bond acceptors (Lipinski definition) is 1. The quantitative estimate of drug-likeness (QED) is 0.845. The predicted molar refractivity (Wildman–Crippen MR) is 81.4 cm³/mol. The highest BCUT2D eigenvalue weighted by atomic mass is 35.5. The molecule has 0 aromatic heterocycles. The third-order valence-corrected chi connectivity index (χ3v) is 3.98. The van der Waals surface area contributed by atoms with Crippen LogP contribution in [0.4, 0.5) is 0 Å². The molecule has 1 N–H and O–H groups in total. The van der Waals surface area contributed by atoms with E-state index in [1.807, 2.05) is 30.3 Å². The second-order valence-corrected chi connectivity index (χ2v) is 5.59. The van der Waals surface area contributed by atoms with E-state index in [0.717, 1.165) is 11.1 Å². The Labute approximate surface area is 127 Å². The molecule has 0 fully saturated rings. The summed E-state index contributed by atoms with van der Waals surface area (Å²) in [6, 6.07) is 12.9. The minimum Gasteiger partial charge on any atom is -0.396 e. The molecule has 4 heteroatoms. The summed E-state index contributed by atoms with van der Waals surface area (Å²) in [5, 5.41) is 11.4. The Bertz CT molecular complexity index is 569. The van der Waals surface area contributed by atoms with Crippen LogP contribution >= 0.6 is 34.8 Å². The van der Waals surface area contributed by atoms with Crippen molar-refractivity contribution in [3.05, 3.63) is 68.7 Å². The van der Waals surface area contributed by atoms with E-state index in [9.17, 15) is 5.11 Å². The van der Waals surface area contributed by atoms with Gasteiger partial charge in [-0.25, -0.2) is 0 Å². The molecular weight excluding hydrogens is 303 g/mol. The normalized spacial score (nSPS) is 12.4. The number of halogens is 3. The average molecular weight is 316 g/mol. The van der Waals surface area contributed by atoms with Gasteiger partial charge in [0.25, 0.3) is 0 Å². The summed E-state index contributed by atoms with van der Waals surface area (Å²) in [7, 11) is 0. The maximum absolute atomic E-state index is 9.59. The summed E-state index contributed by atoms with van der Waals surface area (Å²) in [5.41, 5.74) is 1.88. The minimum atomic E-state index is -0.0929. The molecule has 0 aliphatic heterocycles. The summed E-state index contributed by atoms with van der Waals surface area (Å²) >= 11 is 18.2. The van der Waals surface area contributed by atoms with Gasteiger partial charge in [-0.1, -0.05) is 59.1 Å². The number of aliphatic hydroxyl groups is 1. The van der Waals surface area contributed by atoms with Crippen molar-refractivity contribution >= 4 is 34.8 Å². The first-order valence-electron chi connectivity index (χ1n) is 5.91. The highest BCUT2D eigenvalue weighted by Crippen LogP contribution is 2.31. The zero-order valence-electron chi connectivity index (χ0n) is 10.1. The molecule has 0 aliphatic carbocycles. The van der Waals surface area contributed by atoms with Gasteiger partial charge in [0, 0.05) is 21.0 Å². The van der Waals surface area contributed by atoms with Crippen LogP contribution in [0.2, 0.25) is 15.1 Å². The number of aliphatic hydroxyl groups excluding tert-OH is 1. The van der Waals surface area contributed by atoms with Gasteiger partial charge < -0.3 is 5.11 Å². The lowest BCUT2D eigenvalue weighted by atomic mass is 9.92. The van der Waals surface area contributed by atoms with E-state index >= 15 is 0 Å². The lowest BCUT2D eigenvalue weighted by Gasteiger charge is -2.17. The van der Waals surface area contributed by atoms with Gasteiger partial charge in [-0.2, -0.15) is 0 Å². The fraction of sp³-hybridized carbons (Fsp3) is 0.200. The molecule has 0 unspecified atom stereocenters. The number of benzene rings is 2. The Morgan fingerprint density at radius 1 is 0.947 bits per heavy atom. The molecule has 0 aliphatic rings. The topological polar surface area (TPSA) is 20.2 Å². The van der Waals surface area contributed by atoms with Gasteiger partial charge in [-0.05, 0) is 35.7 Å². The van der Waals surface area contributed by atoms with E-state index in [1.54, 1.807) is 12.1 Å². The van der Waals surface area contributed by atoms with Crippen LogP contribution in [0.5, 0.6) is 0 Å². The maximum atomic E-state index is 9.59. The monoisotopic (exact) mass is 314 g/mol. The van der Waals surface area contributed by atoms with Crippen LogP contribution in [0, 0.1) is 0 Å². The molecule has 2 aromatic rings. The molecule has 2 rings (SSSR count). The summed E-state index contributed by atoms with van der Waals surface area (Å²) in [6.45, 7) is 0.00652. The smallest absolute Gasteiger partial charge is 0.0503 e. The lowest BCUT2D eigenvalue weighted by molar-refractivity contribution is 0.264. The van der Waals surface area contributed by atoms with Crippen LogP contribution < -0.4 is 0 Å². The molecule has 100 valence electrons. The predicted octanol–water partition coefficient (Wildman–Crippen LogP) is 4.97. The SMILES string of the molecule is OC[C@H](Cc1ccccc1Cl)c1ccc(Cl)cc1Cl. The van der Waals surface area contributed by atoms with E-state index in [-0.39, 0.29) is 12.5 Å². The van der Waals surface area contributed by atoms with E-state index in [0.29, 0.717) is 21.5 Å². The molecule has 19 heavy (non-hydrogen) atoms. The van der Waals surface area contributed by atoms with Gasteiger partial charge in [0.1, 0.15) is 0 Å². The third kappa shape index (κ3) is 3.64. The molecule has 0 bridgehead atoms. The van der Waals surface area contributed by atoms with Gasteiger partial charge in [0.15, 0.2) is 0 Å². The van der Waals surface area contributed by atoms with Crippen molar-refractivity contribution < 1.29 is 5.11 Å². The van der Waals surface area contributed by atoms with Crippen LogP contribution in [0.1, 0.15) is 17.0 Å². The fourth-order valence-corrected chi connectivity index (χ4v) is 2.81. The van der Waals surface area contributed by atoms with Crippen LogP contribution in [-0.4, -0.2) is 11.7 Å². The first kappa shape index (κ1) is 14.7. The fourth-order valence-electron chi connectivity index (χ4n) is 2.03.